The highest BCUT2D eigenvalue weighted by molar-refractivity contribution is 5.97. The number of H-pyrrole nitrogens is 1. The molecule has 0 bridgehead atoms. The van der Waals surface area contributed by atoms with Crippen LogP contribution in [0.15, 0.2) is 36.5 Å². The molecule has 1 aromatic carbocycles. The van der Waals surface area contributed by atoms with Gasteiger partial charge in [-0.3, -0.25) is 4.79 Å². The van der Waals surface area contributed by atoms with Crippen LogP contribution in [0.1, 0.15) is 23.1 Å². The van der Waals surface area contributed by atoms with Gasteiger partial charge in [0.05, 0.1) is 23.3 Å². The molecule has 29 heavy (non-hydrogen) atoms. The second-order valence-electron chi connectivity index (χ2n) is 6.92. The Morgan fingerprint density at radius 1 is 1.10 bits per heavy atom. The highest BCUT2D eigenvalue weighted by atomic mass is 16.6. The summed E-state index contributed by atoms with van der Waals surface area (Å²) in [5.41, 5.74) is 3.93. The van der Waals surface area contributed by atoms with E-state index < -0.39 is 0 Å². The molecule has 1 N–H and O–H groups in total. The smallest absolute Gasteiger partial charge is 0.409 e. The van der Waals surface area contributed by atoms with Crippen LogP contribution in [0.25, 0.3) is 22.3 Å². The molecule has 8 heteroatoms. The van der Waals surface area contributed by atoms with Crippen molar-refractivity contribution >= 4 is 23.0 Å². The van der Waals surface area contributed by atoms with Gasteiger partial charge < -0.3 is 19.5 Å². The molecule has 3 aromatic rings. The maximum absolute atomic E-state index is 13.0. The van der Waals surface area contributed by atoms with E-state index in [0.29, 0.717) is 44.2 Å². The van der Waals surface area contributed by atoms with Crippen LogP contribution in [0.4, 0.5) is 4.79 Å². The average molecular weight is 393 g/mol. The second kappa shape index (κ2) is 7.90. The summed E-state index contributed by atoms with van der Waals surface area (Å²) in [5, 5.41) is 0. The van der Waals surface area contributed by atoms with Crippen LogP contribution in [0.5, 0.6) is 0 Å². The van der Waals surface area contributed by atoms with Crippen molar-refractivity contribution in [3.63, 3.8) is 0 Å². The molecule has 150 valence electrons. The molecule has 1 fully saturated rings. The maximum Gasteiger partial charge on any atom is 0.409 e. The third-order valence-corrected chi connectivity index (χ3v) is 4.99. The first kappa shape index (κ1) is 18.9. The summed E-state index contributed by atoms with van der Waals surface area (Å²) in [5.74, 6) is 0.628. The van der Waals surface area contributed by atoms with Crippen molar-refractivity contribution in [2.24, 2.45) is 0 Å². The summed E-state index contributed by atoms with van der Waals surface area (Å²) in [4.78, 5) is 40.5. The normalized spacial score (nSPS) is 14.3. The van der Waals surface area contributed by atoms with Crippen molar-refractivity contribution in [3.8, 4) is 11.3 Å². The number of hydrogen-bond acceptors (Lipinski definition) is 5. The highest BCUT2D eigenvalue weighted by Crippen LogP contribution is 2.26. The van der Waals surface area contributed by atoms with Gasteiger partial charge in [0, 0.05) is 43.5 Å². The molecule has 0 saturated carbocycles. The number of aryl methyl sites for hydroxylation is 1. The Balaban J connectivity index is 1.54. The Hall–Kier alpha value is -3.42. The van der Waals surface area contributed by atoms with Gasteiger partial charge in [-0.1, -0.05) is 12.1 Å². The molecule has 1 saturated heterocycles. The predicted octanol–water partition coefficient (Wildman–Crippen LogP) is 2.85. The summed E-state index contributed by atoms with van der Waals surface area (Å²) in [6.07, 6.45) is 1.51. The number of fused-ring (bicyclic) bond motifs is 1. The topological polar surface area (TPSA) is 91.4 Å². The molecular formula is C21H23N5O3. The molecule has 8 nitrogen and oxygen atoms in total. The molecule has 0 unspecified atom stereocenters. The van der Waals surface area contributed by atoms with E-state index in [-0.39, 0.29) is 12.0 Å². The fraction of sp³-hybridized carbons (Fsp3) is 0.333. The Morgan fingerprint density at radius 2 is 1.86 bits per heavy atom. The Labute approximate surface area is 168 Å². The summed E-state index contributed by atoms with van der Waals surface area (Å²) in [6, 6.07) is 9.39. The molecule has 0 atom stereocenters. The Kier molecular flexibility index (Phi) is 5.16. The summed E-state index contributed by atoms with van der Waals surface area (Å²) in [6.45, 7) is 5.89. The lowest BCUT2D eigenvalue weighted by Crippen LogP contribution is -2.50. The van der Waals surface area contributed by atoms with E-state index in [2.05, 4.69) is 15.0 Å². The van der Waals surface area contributed by atoms with E-state index in [4.69, 9.17) is 4.74 Å². The number of piperazine rings is 1. The Morgan fingerprint density at radius 3 is 2.62 bits per heavy atom. The predicted molar refractivity (Wildman–Crippen MR) is 109 cm³/mol. The number of hydrogen-bond donors (Lipinski definition) is 1. The summed E-state index contributed by atoms with van der Waals surface area (Å²) >= 11 is 0. The maximum atomic E-state index is 13.0. The minimum Gasteiger partial charge on any atom is -0.450 e. The molecular weight excluding hydrogens is 370 g/mol. The van der Waals surface area contributed by atoms with Gasteiger partial charge in [0.2, 0.25) is 0 Å². The second-order valence-corrected chi connectivity index (χ2v) is 6.92. The van der Waals surface area contributed by atoms with Crippen molar-refractivity contribution in [3.05, 3.63) is 47.9 Å². The van der Waals surface area contributed by atoms with Crippen molar-refractivity contribution in [2.45, 2.75) is 13.8 Å². The molecule has 0 aliphatic carbocycles. The largest absolute Gasteiger partial charge is 0.450 e. The van der Waals surface area contributed by atoms with Gasteiger partial charge in [0.15, 0.2) is 0 Å². The minimum absolute atomic E-state index is 0.0520. The van der Waals surface area contributed by atoms with E-state index in [9.17, 15) is 9.59 Å². The lowest BCUT2D eigenvalue weighted by atomic mass is 10.1. The number of rotatable bonds is 3. The van der Waals surface area contributed by atoms with Crippen molar-refractivity contribution in [1.29, 1.82) is 0 Å². The van der Waals surface area contributed by atoms with E-state index in [0.717, 1.165) is 22.3 Å². The van der Waals surface area contributed by atoms with Crippen LogP contribution in [0.3, 0.4) is 0 Å². The van der Waals surface area contributed by atoms with Gasteiger partial charge in [-0.25, -0.2) is 14.8 Å². The van der Waals surface area contributed by atoms with E-state index in [1.165, 1.54) is 0 Å². The van der Waals surface area contributed by atoms with Crippen LogP contribution < -0.4 is 0 Å². The number of aromatic amines is 1. The molecule has 4 rings (SSSR count). The molecule has 2 amide bonds. The first-order valence-electron chi connectivity index (χ1n) is 9.70. The molecule has 1 aliphatic rings. The zero-order valence-corrected chi connectivity index (χ0v) is 16.5. The van der Waals surface area contributed by atoms with E-state index in [1.807, 2.05) is 43.5 Å². The van der Waals surface area contributed by atoms with Crippen LogP contribution in [0, 0.1) is 6.92 Å². The number of benzene rings is 1. The highest BCUT2D eigenvalue weighted by Gasteiger charge is 2.25. The van der Waals surface area contributed by atoms with E-state index in [1.54, 1.807) is 16.7 Å². The quantitative estimate of drug-likeness (QED) is 0.739. The first-order valence-corrected chi connectivity index (χ1v) is 9.70. The van der Waals surface area contributed by atoms with E-state index >= 15 is 0 Å². The molecule has 0 spiro atoms. The lowest BCUT2D eigenvalue weighted by Gasteiger charge is -2.34. The minimum atomic E-state index is -0.323. The summed E-state index contributed by atoms with van der Waals surface area (Å²) in [7, 11) is 0. The van der Waals surface area contributed by atoms with Gasteiger partial charge in [0.25, 0.3) is 5.91 Å². The fourth-order valence-corrected chi connectivity index (χ4v) is 3.56. The molecule has 3 heterocycles. The number of carbonyl (C=O) groups is 2. The Bertz CT molecular complexity index is 1050. The van der Waals surface area contributed by atoms with Crippen LogP contribution >= 0.6 is 0 Å². The SMILES string of the molecule is CCOC(=O)N1CCN(C(=O)c2cccc(-c3nc(C)nc4cc[nH]c34)c2)CC1. The molecule has 2 aromatic heterocycles. The number of ether oxygens (including phenoxy) is 1. The lowest BCUT2D eigenvalue weighted by molar-refractivity contribution is 0.0570. The van der Waals surface area contributed by atoms with Gasteiger partial charge in [-0.2, -0.15) is 0 Å². The van der Waals surface area contributed by atoms with Crippen molar-refractivity contribution in [2.75, 3.05) is 32.8 Å². The zero-order valence-electron chi connectivity index (χ0n) is 16.5. The van der Waals surface area contributed by atoms with Crippen LogP contribution in [0.2, 0.25) is 0 Å². The first-order chi connectivity index (χ1) is 14.1. The number of aromatic nitrogens is 3. The monoisotopic (exact) mass is 393 g/mol. The van der Waals surface area contributed by atoms with Crippen molar-refractivity contribution in [1.82, 2.24) is 24.8 Å². The number of nitrogens with zero attached hydrogens (tertiary/aromatic N) is 4. The summed E-state index contributed by atoms with van der Waals surface area (Å²) < 4.78 is 5.03. The number of carbonyl (C=O) groups excluding carboxylic acids is 2. The van der Waals surface area contributed by atoms with Crippen LogP contribution in [-0.4, -0.2) is 69.5 Å². The van der Waals surface area contributed by atoms with Gasteiger partial charge in [-0.05, 0) is 32.0 Å². The van der Waals surface area contributed by atoms with Crippen LogP contribution in [-0.2, 0) is 4.74 Å². The van der Waals surface area contributed by atoms with Gasteiger partial charge in [0.1, 0.15) is 5.82 Å². The zero-order chi connectivity index (χ0) is 20.4. The fourth-order valence-electron chi connectivity index (χ4n) is 3.56. The van der Waals surface area contributed by atoms with Crippen molar-refractivity contribution < 1.29 is 14.3 Å². The number of nitrogens with one attached hydrogen (secondary N) is 1. The number of amides is 2. The van der Waals surface area contributed by atoms with Gasteiger partial charge in [-0.15, -0.1) is 0 Å². The third-order valence-electron chi connectivity index (χ3n) is 4.99. The van der Waals surface area contributed by atoms with Gasteiger partial charge >= 0.3 is 6.09 Å². The molecule has 1 aliphatic heterocycles. The standard InChI is InChI=1S/C21H23N5O3/c1-3-29-21(28)26-11-9-25(10-12-26)20(27)16-6-4-5-15(13-16)18-19-17(7-8-22-19)23-14(2)24-18/h4-8,13,22H,3,9-12H2,1-2H3. The average Bonchev–Trinajstić information content (AvgIpc) is 3.21. The molecule has 0 radical (unpaired) electrons. The third kappa shape index (κ3) is 3.78.